The van der Waals surface area contributed by atoms with Crippen molar-refractivity contribution < 1.29 is 13.2 Å². The minimum atomic E-state index is -3.71. The highest BCUT2D eigenvalue weighted by Crippen LogP contribution is 2.19. The maximum absolute atomic E-state index is 12.3. The van der Waals surface area contributed by atoms with Crippen molar-refractivity contribution >= 4 is 49.7 Å². The molecule has 2 aromatic carbocycles. The van der Waals surface area contributed by atoms with E-state index in [1.165, 1.54) is 41.8 Å². The Bertz CT molecular complexity index is 987. The number of nitrogens with one attached hydrogen (secondary N) is 2. The van der Waals surface area contributed by atoms with Gasteiger partial charge in [0.05, 0.1) is 11.3 Å². The molecule has 0 fully saturated rings. The van der Waals surface area contributed by atoms with Crippen molar-refractivity contribution in [2.24, 2.45) is 0 Å². The van der Waals surface area contributed by atoms with E-state index < -0.39 is 10.0 Å². The van der Waals surface area contributed by atoms with E-state index in [1.54, 1.807) is 29.6 Å². The minimum Gasteiger partial charge on any atom is -0.326 e. The lowest BCUT2D eigenvalue weighted by Crippen LogP contribution is -2.15. The predicted molar refractivity (Wildman–Crippen MR) is 103 cm³/mol. The number of nitrogens with zero attached hydrogens (tertiary/aromatic N) is 1. The smallest absolute Gasteiger partial charge is 0.263 e. The topological polar surface area (TPSA) is 88.2 Å². The fraction of sp³-hybridized carbons (Fsp3) is 0.0588. The Labute approximate surface area is 159 Å². The molecule has 0 radical (unpaired) electrons. The molecule has 2 N–H and O–H groups in total. The van der Waals surface area contributed by atoms with Gasteiger partial charge in [-0.25, -0.2) is 13.4 Å². The zero-order valence-corrected chi connectivity index (χ0v) is 15.7. The first kappa shape index (κ1) is 18.4. The summed E-state index contributed by atoms with van der Waals surface area (Å²) in [5.41, 5.74) is 1.34. The lowest BCUT2D eigenvalue weighted by molar-refractivity contribution is -0.115. The predicted octanol–water partition coefficient (Wildman–Crippen LogP) is 3.78. The summed E-state index contributed by atoms with van der Waals surface area (Å²) in [4.78, 5) is 16.1. The molecule has 1 amide bonds. The molecule has 0 aliphatic heterocycles. The lowest BCUT2D eigenvalue weighted by atomic mass is 10.1. The molecule has 0 spiro atoms. The van der Waals surface area contributed by atoms with Crippen molar-refractivity contribution in [3.05, 3.63) is 70.7 Å². The molecule has 9 heteroatoms. The fourth-order valence-electron chi connectivity index (χ4n) is 2.16. The largest absolute Gasteiger partial charge is 0.326 e. The number of halogens is 1. The van der Waals surface area contributed by atoms with E-state index in [-0.39, 0.29) is 17.2 Å². The molecule has 0 aliphatic carbocycles. The molecular formula is C17H14ClN3O3S2. The molecule has 0 saturated heterocycles. The number of thiazole rings is 1. The number of aromatic nitrogens is 1. The summed E-state index contributed by atoms with van der Waals surface area (Å²) in [5, 5.41) is 5.31. The van der Waals surface area contributed by atoms with Crippen LogP contribution in [0.15, 0.2) is 65.0 Å². The Kier molecular flexibility index (Phi) is 5.55. The monoisotopic (exact) mass is 407 g/mol. The zero-order valence-electron chi connectivity index (χ0n) is 13.3. The molecule has 1 aromatic heterocycles. The number of carbonyl (C=O) groups excluding carboxylic acids is 1. The van der Waals surface area contributed by atoms with Crippen LogP contribution in [0.1, 0.15) is 5.56 Å². The van der Waals surface area contributed by atoms with Crippen molar-refractivity contribution in [2.45, 2.75) is 11.3 Å². The molecule has 0 unspecified atom stereocenters. The van der Waals surface area contributed by atoms with E-state index in [2.05, 4.69) is 15.0 Å². The molecule has 6 nitrogen and oxygen atoms in total. The summed E-state index contributed by atoms with van der Waals surface area (Å²) in [6, 6.07) is 12.9. The average molecular weight is 408 g/mol. The van der Waals surface area contributed by atoms with Gasteiger partial charge in [0.1, 0.15) is 0 Å². The molecule has 0 atom stereocenters. The van der Waals surface area contributed by atoms with Crippen molar-refractivity contribution in [3.8, 4) is 0 Å². The van der Waals surface area contributed by atoms with Gasteiger partial charge < -0.3 is 5.32 Å². The molecule has 134 valence electrons. The number of carbonyl (C=O) groups is 1. The van der Waals surface area contributed by atoms with Gasteiger partial charge in [-0.05, 0) is 42.0 Å². The molecule has 3 rings (SSSR count). The van der Waals surface area contributed by atoms with Gasteiger partial charge in [0.25, 0.3) is 10.0 Å². The maximum Gasteiger partial charge on any atom is 0.263 e. The fourth-order valence-corrected chi connectivity index (χ4v) is 4.07. The first-order valence-corrected chi connectivity index (χ1v) is 10.2. The summed E-state index contributed by atoms with van der Waals surface area (Å²) in [6.45, 7) is 0. The third kappa shape index (κ3) is 4.81. The van der Waals surface area contributed by atoms with E-state index in [9.17, 15) is 13.2 Å². The minimum absolute atomic E-state index is 0.0865. The Morgan fingerprint density at radius 2 is 1.77 bits per heavy atom. The van der Waals surface area contributed by atoms with E-state index in [1.807, 2.05) is 0 Å². The van der Waals surface area contributed by atoms with Gasteiger partial charge in [-0.3, -0.25) is 9.52 Å². The summed E-state index contributed by atoms with van der Waals surface area (Å²) >= 11 is 7.01. The molecular weight excluding hydrogens is 394 g/mol. The zero-order chi connectivity index (χ0) is 18.6. The Hall–Kier alpha value is -2.42. The van der Waals surface area contributed by atoms with Gasteiger partial charge in [-0.1, -0.05) is 23.7 Å². The van der Waals surface area contributed by atoms with Crippen LogP contribution in [0.2, 0.25) is 5.02 Å². The number of hydrogen-bond acceptors (Lipinski definition) is 5. The summed E-state index contributed by atoms with van der Waals surface area (Å²) in [7, 11) is -3.71. The second-order valence-corrected chi connectivity index (χ2v) is 8.33. The highest BCUT2D eigenvalue weighted by atomic mass is 35.5. The molecule has 1 heterocycles. The van der Waals surface area contributed by atoms with Crippen LogP contribution in [0.25, 0.3) is 0 Å². The molecule has 26 heavy (non-hydrogen) atoms. The lowest BCUT2D eigenvalue weighted by Gasteiger charge is -2.08. The number of hydrogen-bond donors (Lipinski definition) is 2. The van der Waals surface area contributed by atoms with Gasteiger partial charge in [-0.15, -0.1) is 11.3 Å². The molecule has 0 bridgehead atoms. The third-order valence-electron chi connectivity index (χ3n) is 3.38. The second-order valence-electron chi connectivity index (χ2n) is 5.32. The van der Waals surface area contributed by atoms with Crippen LogP contribution >= 0.6 is 22.9 Å². The highest BCUT2D eigenvalue weighted by Gasteiger charge is 2.15. The normalized spacial score (nSPS) is 11.1. The number of rotatable bonds is 6. The van der Waals surface area contributed by atoms with E-state index in [0.717, 1.165) is 5.56 Å². The molecule has 0 saturated carbocycles. The highest BCUT2D eigenvalue weighted by molar-refractivity contribution is 7.93. The molecule has 3 aromatic rings. The van der Waals surface area contributed by atoms with Crippen molar-refractivity contribution in [2.75, 3.05) is 10.0 Å². The Morgan fingerprint density at radius 3 is 2.38 bits per heavy atom. The quantitative estimate of drug-likeness (QED) is 0.650. The van der Waals surface area contributed by atoms with Crippen LogP contribution in [0.4, 0.5) is 10.8 Å². The van der Waals surface area contributed by atoms with E-state index in [4.69, 9.17) is 11.6 Å². The van der Waals surface area contributed by atoms with Crippen molar-refractivity contribution in [3.63, 3.8) is 0 Å². The van der Waals surface area contributed by atoms with Crippen LogP contribution in [-0.2, 0) is 21.2 Å². The summed E-state index contributed by atoms with van der Waals surface area (Å²) in [5.74, 6) is -0.205. The van der Waals surface area contributed by atoms with Crippen LogP contribution in [0, 0.1) is 0 Å². The number of sulfonamides is 1. The first-order valence-electron chi connectivity index (χ1n) is 7.49. The average Bonchev–Trinajstić information content (AvgIpc) is 3.09. The van der Waals surface area contributed by atoms with Crippen LogP contribution in [0.3, 0.4) is 0 Å². The second kappa shape index (κ2) is 7.86. The third-order valence-corrected chi connectivity index (χ3v) is 5.80. The maximum atomic E-state index is 12.3. The van der Waals surface area contributed by atoms with Gasteiger partial charge >= 0.3 is 0 Å². The number of benzene rings is 2. The van der Waals surface area contributed by atoms with Gasteiger partial charge in [-0.2, -0.15) is 0 Å². The van der Waals surface area contributed by atoms with Gasteiger partial charge in [0, 0.05) is 22.3 Å². The van der Waals surface area contributed by atoms with Crippen LogP contribution < -0.4 is 10.0 Å². The SMILES string of the molecule is O=C(Cc1ccc(Cl)cc1)Nc1ccc(S(=O)(=O)Nc2nccs2)cc1. The summed E-state index contributed by atoms with van der Waals surface area (Å²) < 4.78 is 26.9. The van der Waals surface area contributed by atoms with Crippen LogP contribution in [-0.4, -0.2) is 19.3 Å². The van der Waals surface area contributed by atoms with E-state index >= 15 is 0 Å². The van der Waals surface area contributed by atoms with Crippen molar-refractivity contribution in [1.29, 1.82) is 0 Å². The molecule has 0 aliphatic rings. The number of anilines is 2. The van der Waals surface area contributed by atoms with E-state index in [0.29, 0.717) is 15.8 Å². The van der Waals surface area contributed by atoms with Crippen molar-refractivity contribution in [1.82, 2.24) is 4.98 Å². The standard InChI is InChI=1S/C17H14ClN3O3S2/c18-13-3-1-12(2-4-13)11-16(22)20-14-5-7-15(8-6-14)26(23,24)21-17-19-9-10-25-17/h1-10H,11H2,(H,19,21)(H,20,22). The van der Waals surface area contributed by atoms with Gasteiger partial charge in [0.2, 0.25) is 5.91 Å². The summed E-state index contributed by atoms with van der Waals surface area (Å²) in [6.07, 6.45) is 1.71. The van der Waals surface area contributed by atoms with Gasteiger partial charge in [0.15, 0.2) is 5.13 Å². The number of amides is 1. The Morgan fingerprint density at radius 1 is 1.08 bits per heavy atom. The first-order chi connectivity index (χ1) is 12.4. The van der Waals surface area contributed by atoms with Crippen LogP contribution in [0.5, 0.6) is 0 Å². The Balaban J connectivity index is 1.63.